The van der Waals surface area contributed by atoms with Gasteiger partial charge >= 0.3 is 0 Å². The van der Waals surface area contributed by atoms with Crippen molar-refractivity contribution in [1.82, 2.24) is 4.98 Å². The van der Waals surface area contributed by atoms with Gasteiger partial charge in [-0.1, -0.05) is 6.07 Å². The van der Waals surface area contributed by atoms with Crippen LogP contribution in [0.3, 0.4) is 0 Å². The number of ketones is 1. The van der Waals surface area contributed by atoms with Crippen LogP contribution in [0.1, 0.15) is 16.1 Å². The van der Waals surface area contributed by atoms with Gasteiger partial charge in [0, 0.05) is 5.38 Å². The van der Waals surface area contributed by atoms with Crippen LogP contribution in [-0.2, 0) is 6.42 Å². The maximum atomic E-state index is 12.3. The van der Waals surface area contributed by atoms with Crippen LogP contribution in [0.25, 0.3) is 0 Å². The van der Waals surface area contributed by atoms with Gasteiger partial charge in [0.2, 0.25) is 0 Å². The summed E-state index contributed by atoms with van der Waals surface area (Å²) in [6.45, 7) is 0. The predicted molar refractivity (Wildman–Crippen MR) is 74.1 cm³/mol. The molecule has 6 heteroatoms. The van der Waals surface area contributed by atoms with Crippen LogP contribution in [-0.4, -0.2) is 25.0 Å². The SMILES string of the molecule is COc1cccc(OC)c1C(=O)Cc1csc(N)n1. The molecule has 2 N–H and O–H groups in total. The van der Waals surface area contributed by atoms with Crippen LogP contribution < -0.4 is 15.2 Å². The van der Waals surface area contributed by atoms with Gasteiger partial charge in [-0.2, -0.15) is 0 Å². The summed E-state index contributed by atoms with van der Waals surface area (Å²) in [5, 5.41) is 2.23. The molecule has 1 heterocycles. The maximum Gasteiger partial charge on any atom is 0.180 e. The molecule has 100 valence electrons. The minimum Gasteiger partial charge on any atom is -0.496 e. The highest BCUT2D eigenvalue weighted by molar-refractivity contribution is 7.13. The van der Waals surface area contributed by atoms with E-state index in [0.29, 0.717) is 27.9 Å². The molecule has 0 saturated heterocycles. The number of aromatic nitrogens is 1. The van der Waals surface area contributed by atoms with E-state index in [1.54, 1.807) is 23.6 Å². The Morgan fingerprint density at radius 3 is 2.42 bits per heavy atom. The van der Waals surface area contributed by atoms with E-state index in [4.69, 9.17) is 15.2 Å². The molecule has 0 spiro atoms. The van der Waals surface area contributed by atoms with Crippen LogP contribution in [0.5, 0.6) is 11.5 Å². The van der Waals surface area contributed by atoms with Crippen LogP contribution in [0.2, 0.25) is 0 Å². The highest BCUT2D eigenvalue weighted by Crippen LogP contribution is 2.29. The smallest absolute Gasteiger partial charge is 0.180 e. The number of hydrogen-bond donors (Lipinski definition) is 1. The lowest BCUT2D eigenvalue weighted by atomic mass is 10.0. The quantitative estimate of drug-likeness (QED) is 0.848. The van der Waals surface area contributed by atoms with E-state index in [0.717, 1.165) is 0 Å². The van der Waals surface area contributed by atoms with Crippen molar-refractivity contribution in [2.45, 2.75) is 6.42 Å². The number of rotatable bonds is 5. The van der Waals surface area contributed by atoms with Crippen molar-refractivity contribution in [3.8, 4) is 11.5 Å². The van der Waals surface area contributed by atoms with Crippen molar-refractivity contribution in [1.29, 1.82) is 0 Å². The van der Waals surface area contributed by atoms with Gasteiger partial charge in [0.15, 0.2) is 10.9 Å². The van der Waals surface area contributed by atoms with E-state index >= 15 is 0 Å². The lowest BCUT2D eigenvalue weighted by Crippen LogP contribution is -2.08. The third-order valence-electron chi connectivity index (χ3n) is 2.62. The number of nitrogens with zero attached hydrogens (tertiary/aromatic N) is 1. The molecule has 2 rings (SSSR count). The Kier molecular flexibility index (Phi) is 4.01. The van der Waals surface area contributed by atoms with Crippen LogP contribution >= 0.6 is 11.3 Å². The summed E-state index contributed by atoms with van der Waals surface area (Å²) >= 11 is 1.31. The Morgan fingerprint density at radius 2 is 1.95 bits per heavy atom. The van der Waals surface area contributed by atoms with Crippen molar-refractivity contribution in [3.05, 3.63) is 34.8 Å². The van der Waals surface area contributed by atoms with Gasteiger partial charge in [-0.25, -0.2) is 4.98 Å². The Bertz CT molecular complexity index is 573. The number of nitrogens with two attached hydrogens (primary N) is 1. The molecule has 0 aliphatic carbocycles. The second-order valence-corrected chi connectivity index (χ2v) is 4.70. The van der Waals surface area contributed by atoms with Crippen LogP contribution in [0.4, 0.5) is 5.13 Å². The summed E-state index contributed by atoms with van der Waals surface area (Å²) in [7, 11) is 3.04. The van der Waals surface area contributed by atoms with Gasteiger partial charge in [-0.15, -0.1) is 11.3 Å². The maximum absolute atomic E-state index is 12.3. The number of hydrogen-bond acceptors (Lipinski definition) is 6. The molecule has 1 aromatic carbocycles. The molecule has 0 aliphatic rings. The average molecular weight is 278 g/mol. The van der Waals surface area contributed by atoms with E-state index in [2.05, 4.69) is 4.98 Å². The van der Waals surface area contributed by atoms with Gasteiger partial charge in [0.05, 0.1) is 26.3 Å². The molecule has 0 radical (unpaired) electrons. The molecule has 0 bridgehead atoms. The number of methoxy groups -OCH3 is 2. The number of thiazole rings is 1. The van der Waals surface area contributed by atoms with Gasteiger partial charge in [0.25, 0.3) is 0 Å². The third kappa shape index (κ3) is 2.85. The highest BCUT2D eigenvalue weighted by atomic mass is 32.1. The number of Topliss-reactive ketones (excluding diaryl/α,β-unsaturated/α-hetero) is 1. The fraction of sp³-hybridized carbons (Fsp3) is 0.231. The number of ether oxygens (including phenoxy) is 2. The molecule has 0 unspecified atom stereocenters. The zero-order chi connectivity index (χ0) is 13.8. The number of carbonyl (C=O) groups excluding carboxylic acids is 1. The fourth-order valence-corrected chi connectivity index (χ4v) is 2.35. The van der Waals surface area contributed by atoms with E-state index in [1.165, 1.54) is 25.6 Å². The first-order chi connectivity index (χ1) is 9.15. The average Bonchev–Trinajstić information content (AvgIpc) is 2.82. The highest BCUT2D eigenvalue weighted by Gasteiger charge is 2.19. The van der Waals surface area contributed by atoms with E-state index in [9.17, 15) is 4.79 Å². The van der Waals surface area contributed by atoms with Gasteiger partial charge in [-0.3, -0.25) is 4.79 Å². The zero-order valence-electron chi connectivity index (χ0n) is 10.7. The number of carbonyl (C=O) groups is 1. The van der Waals surface area contributed by atoms with Crippen LogP contribution in [0, 0.1) is 0 Å². The summed E-state index contributed by atoms with van der Waals surface area (Å²) in [5.41, 5.74) is 6.63. The number of anilines is 1. The Labute approximate surface area is 115 Å². The largest absolute Gasteiger partial charge is 0.496 e. The molecule has 2 aromatic rings. The Morgan fingerprint density at radius 1 is 1.32 bits per heavy atom. The van der Waals surface area contributed by atoms with E-state index in [1.807, 2.05) is 0 Å². The van der Waals surface area contributed by atoms with Crippen molar-refractivity contribution in [2.24, 2.45) is 0 Å². The fourth-order valence-electron chi connectivity index (χ4n) is 1.78. The summed E-state index contributed by atoms with van der Waals surface area (Å²) in [4.78, 5) is 16.4. The Balaban J connectivity index is 2.32. The predicted octanol–water partition coefficient (Wildman–Crippen LogP) is 2.17. The number of benzene rings is 1. The van der Waals surface area contributed by atoms with E-state index in [-0.39, 0.29) is 12.2 Å². The molecule has 0 atom stereocenters. The van der Waals surface area contributed by atoms with Crippen molar-refractivity contribution in [2.75, 3.05) is 20.0 Å². The Hall–Kier alpha value is -2.08. The first-order valence-corrected chi connectivity index (χ1v) is 6.47. The first-order valence-electron chi connectivity index (χ1n) is 5.59. The third-order valence-corrected chi connectivity index (χ3v) is 3.34. The topological polar surface area (TPSA) is 74.4 Å². The van der Waals surface area contributed by atoms with Gasteiger partial charge in [0.1, 0.15) is 17.1 Å². The molecular weight excluding hydrogens is 264 g/mol. The normalized spacial score (nSPS) is 10.2. The lowest BCUT2D eigenvalue weighted by Gasteiger charge is -2.11. The molecule has 0 saturated carbocycles. The van der Waals surface area contributed by atoms with Gasteiger partial charge < -0.3 is 15.2 Å². The van der Waals surface area contributed by atoms with Crippen molar-refractivity contribution < 1.29 is 14.3 Å². The zero-order valence-corrected chi connectivity index (χ0v) is 11.5. The summed E-state index contributed by atoms with van der Waals surface area (Å²) in [6.07, 6.45) is 0.171. The number of nitrogen functional groups attached to an aromatic ring is 1. The first kappa shape index (κ1) is 13.4. The standard InChI is InChI=1S/C13H14N2O3S/c1-17-10-4-3-5-11(18-2)12(10)9(16)6-8-7-19-13(14)15-8/h3-5,7H,6H2,1-2H3,(H2,14,15). The van der Waals surface area contributed by atoms with Crippen LogP contribution in [0.15, 0.2) is 23.6 Å². The molecule has 0 amide bonds. The summed E-state index contributed by atoms with van der Waals surface area (Å²) < 4.78 is 10.4. The second kappa shape index (κ2) is 5.71. The van der Waals surface area contributed by atoms with Crippen molar-refractivity contribution in [3.63, 3.8) is 0 Å². The summed E-state index contributed by atoms with van der Waals surface area (Å²) in [6, 6.07) is 5.23. The summed E-state index contributed by atoms with van der Waals surface area (Å²) in [5.74, 6) is 0.875. The monoisotopic (exact) mass is 278 g/mol. The minimum atomic E-state index is -0.111. The second-order valence-electron chi connectivity index (χ2n) is 3.81. The molecule has 5 nitrogen and oxygen atoms in total. The molecule has 19 heavy (non-hydrogen) atoms. The lowest BCUT2D eigenvalue weighted by molar-refractivity contribution is 0.0986. The molecular formula is C13H14N2O3S. The molecule has 0 fully saturated rings. The van der Waals surface area contributed by atoms with E-state index < -0.39 is 0 Å². The van der Waals surface area contributed by atoms with Gasteiger partial charge in [-0.05, 0) is 12.1 Å². The minimum absolute atomic E-state index is 0.111. The van der Waals surface area contributed by atoms with Crippen molar-refractivity contribution >= 4 is 22.3 Å². The molecule has 1 aromatic heterocycles. The molecule has 0 aliphatic heterocycles.